The minimum absolute atomic E-state index is 0.522. The first-order chi connectivity index (χ1) is 5.68. The fraction of sp³-hybridized carbons (Fsp3) is 1.00. The molecular formula is C11H25N. The van der Waals surface area contributed by atoms with Crippen LogP contribution in [0.5, 0.6) is 0 Å². The van der Waals surface area contributed by atoms with Crippen molar-refractivity contribution in [2.24, 2.45) is 5.41 Å². The van der Waals surface area contributed by atoms with Crippen molar-refractivity contribution < 1.29 is 0 Å². The van der Waals surface area contributed by atoms with Gasteiger partial charge in [0.15, 0.2) is 0 Å². The second-order valence-electron chi connectivity index (χ2n) is 4.05. The normalized spacial score (nSPS) is 12.0. The maximum atomic E-state index is 3.53. The minimum atomic E-state index is 0.522. The molecule has 0 saturated heterocycles. The average molecular weight is 171 g/mol. The van der Waals surface area contributed by atoms with Crippen LogP contribution in [0, 0.1) is 5.41 Å². The van der Waals surface area contributed by atoms with Crippen LogP contribution in [0.4, 0.5) is 0 Å². The third-order valence-corrected chi connectivity index (χ3v) is 2.97. The average Bonchev–Trinajstić information content (AvgIpc) is 2.12. The second kappa shape index (κ2) is 6.47. The highest BCUT2D eigenvalue weighted by Gasteiger charge is 2.18. The van der Waals surface area contributed by atoms with Crippen molar-refractivity contribution in [3.05, 3.63) is 0 Å². The molecule has 0 spiro atoms. The molecule has 0 unspecified atom stereocenters. The second-order valence-corrected chi connectivity index (χ2v) is 4.05. The van der Waals surface area contributed by atoms with E-state index in [2.05, 4.69) is 33.0 Å². The van der Waals surface area contributed by atoms with Crippen LogP contribution in [0.3, 0.4) is 0 Å². The van der Waals surface area contributed by atoms with E-state index >= 15 is 0 Å². The summed E-state index contributed by atoms with van der Waals surface area (Å²) in [6.07, 6.45) is 5.16. The van der Waals surface area contributed by atoms with Crippen molar-refractivity contribution in [3.8, 4) is 0 Å². The van der Waals surface area contributed by atoms with Gasteiger partial charge in [-0.1, -0.05) is 34.1 Å². The summed E-state index contributed by atoms with van der Waals surface area (Å²) in [5.41, 5.74) is 0.522. The molecule has 1 heteroatoms. The monoisotopic (exact) mass is 171 g/mol. The standard InChI is InChI=1S/C11H25N/c1-5-8-9-12-10-11(4,6-2)7-3/h12H,5-10H2,1-4H3. The fourth-order valence-electron chi connectivity index (χ4n) is 1.19. The van der Waals surface area contributed by atoms with Crippen molar-refractivity contribution in [3.63, 3.8) is 0 Å². The van der Waals surface area contributed by atoms with Crippen molar-refractivity contribution in [1.29, 1.82) is 0 Å². The van der Waals surface area contributed by atoms with Crippen LogP contribution in [0.2, 0.25) is 0 Å². The van der Waals surface area contributed by atoms with E-state index in [-0.39, 0.29) is 0 Å². The van der Waals surface area contributed by atoms with Gasteiger partial charge >= 0.3 is 0 Å². The number of nitrogens with one attached hydrogen (secondary N) is 1. The van der Waals surface area contributed by atoms with Crippen molar-refractivity contribution in [1.82, 2.24) is 5.32 Å². The number of rotatable bonds is 7. The Labute approximate surface area is 77.9 Å². The molecule has 0 aliphatic heterocycles. The zero-order valence-electron chi connectivity index (χ0n) is 9.24. The van der Waals surface area contributed by atoms with Gasteiger partial charge in [-0.05, 0) is 31.2 Å². The van der Waals surface area contributed by atoms with E-state index < -0.39 is 0 Å². The highest BCUT2D eigenvalue weighted by atomic mass is 14.9. The highest BCUT2D eigenvalue weighted by molar-refractivity contribution is 4.73. The lowest BCUT2D eigenvalue weighted by Crippen LogP contribution is -2.31. The van der Waals surface area contributed by atoms with Gasteiger partial charge in [-0.15, -0.1) is 0 Å². The molecule has 1 N–H and O–H groups in total. The maximum Gasteiger partial charge on any atom is 0.000496 e. The van der Waals surface area contributed by atoms with Gasteiger partial charge in [-0.2, -0.15) is 0 Å². The predicted octanol–water partition coefficient (Wildman–Crippen LogP) is 3.20. The lowest BCUT2D eigenvalue weighted by atomic mass is 9.85. The zero-order valence-corrected chi connectivity index (χ0v) is 9.24. The quantitative estimate of drug-likeness (QED) is 0.580. The minimum Gasteiger partial charge on any atom is -0.316 e. The van der Waals surface area contributed by atoms with Gasteiger partial charge in [0.05, 0.1) is 0 Å². The van der Waals surface area contributed by atoms with Gasteiger partial charge in [0, 0.05) is 6.54 Å². The van der Waals surface area contributed by atoms with E-state index in [0.717, 1.165) is 0 Å². The van der Waals surface area contributed by atoms with E-state index in [1.807, 2.05) is 0 Å². The summed E-state index contributed by atoms with van der Waals surface area (Å²) in [6, 6.07) is 0. The number of hydrogen-bond donors (Lipinski definition) is 1. The van der Waals surface area contributed by atoms with Crippen LogP contribution in [-0.2, 0) is 0 Å². The third-order valence-electron chi connectivity index (χ3n) is 2.97. The summed E-state index contributed by atoms with van der Waals surface area (Å²) in [4.78, 5) is 0. The Morgan fingerprint density at radius 3 is 2.08 bits per heavy atom. The first-order valence-electron chi connectivity index (χ1n) is 5.39. The molecular weight excluding hydrogens is 146 g/mol. The van der Waals surface area contributed by atoms with Crippen LogP contribution in [0.15, 0.2) is 0 Å². The largest absolute Gasteiger partial charge is 0.316 e. The third kappa shape index (κ3) is 4.76. The molecule has 0 saturated carbocycles. The molecule has 1 nitrogen and oxygen atoms in total. The fourth-order valence-corrected chi connectivity index (χ4v) is 1.19. The molecule has 12 heavy (non-hydrogen) atoms. The first-order valence-corrected chi connectivity index (χ1v) is 5.39. The molecule has 0 heterocycles. The molecule has 0 aromatic heterocycles. The van der Waals surface area contributed by atoms with Crippen LogP contribution >= 0.6 is 0 Å². The molecule has 0 rings (SSSR count). The van der Waals surface area contributed by atoms with Crippen molar-refractivity contribution in [2.45, 2.75) is 53.4 Å². The van der Waals surface area contributed by atoms with Gasteiger partial charge < -0.3 is 5.32 Å². The first kappa shape index (κ1) is 12.0. The van der Waals surface area contributed by atoms with Gasteiger partial charge in [-0.25, -0.2) is 0 Å². The van der Waals surface area contributed by atoms with Gasteiger partial charge in [0.25, 0.3) is 0 Å². The Morgan fingerprint density at radius 2 is 1.67 bits per heavy atom. The zero-order chi connectivity index (χ0) is 9.45. The maximum absolute atomic E-state index is 3.53. The molecule has 74 valence electrons. The summed E-state index contributed by atoms with van der Waals surface area (Å²) in [5, 5.41) is 3.53. The number of unbranched alkanes of at least 4 members (excludes halogenated alkanes) is 1. The molecule has 0 aliphatic carbocycles. The predicted molar refractivity (Wildman–Crippen MR) is 56.5 cm³/mol. The Hall–Kier alpha value is -0.0400. The van der Waals surface area contributed by atoms with Crippen molar-refractivity contribution >= 4 is 0 Å². The summed E-state index contributed by atoms with van der Waals surface area (Å²) >= 11 is 0. The Bertz CT molecular complexity index is 95.2. The molecule has 0 aliphatic rings. The van der Waals surface area contributed by atoms with E-state index in [0.29, 0.717) is 5.41 Å². The van der Waals surface area contributed by atoms with E-state index in [9.17, 15) is 0 Å². The lowest BCUT2D eigenvalue weighted by molar-refractivity contribution is 0.281. The van der Waals surface area contributed by atoms with E-state index in [1.165, 1.54) is 38.8 Å². The Kier molecular flexibility index (Phi) is 6.45. The van der Waals surface area contributed by atoms with Crippen LogP contribution < -0.4 is 5.32 Å². The van der Waals surface area contributed by atoms with Crippen LogP contribution in [0.25, 0.3) is 0 Å². The Balaban J connectivity index is 3.45. The molecule has 0 fully saturated rings. The van der Waals surface area contributed by atoms with Crippen molar-refractivity contribution in [2.75, 3.05) is 13.1 Å². The number of hydrogen-bond acceptors (Lipinski definition) is 1. The van der Waals surface area contributed by atoms with E-state index in [4.69, 9.17) is 0 Å². The van der Waals surface area contributed by atoms with E-state index in [1.54, 1.807) is 0 Å². The molecule has 0 amide bonds. The SMILES string of the molecule is CCCCNCC(C)(CC)CC. The molecule has 0 bridgehead atoms. The summed E-state index contributed by atoms with van der Waals surface area (Å²) in [7, 11) is 0. The topological polar surface area (TPSA) is 12.0 Å². The molecule has 0 aromatic rings. The lowest BCUT2D eigenvalue weighted by Gasteiger charge is -2.26. The van der Waals surface area contributed by atoms with Gasteiger partial charge in [0.2, 0.25) is 0 Å². The Morgan fingerprint density at radius 1 is 1.08 bits per heavy atom. The molecule has 0 radical (unpaired) electrons. The van der Waals surface area contributed by atoms with Gasteiger partial charge in [-0.3, -0.25) is 0 Å². The molecule has 0 aromatic carbocycles. The summed E-state index contributed by atoms with van der Waals surface area (Å²) in [6.45, 7) is 11.5. The summed E-state index contributed by atoms with van der Waals surface area (Å²) in [5.74, 6) is 0. The van der Waals surface area contributed by atoms with Gasteiger partial charge in [0.1, 0.15) is 0 Å². The smallest absolute Gasteiger partial charge is 0.000496 e. The summed E-state index contributed by atoms with van der Waals surface area (Å²) < 4.78 is 0. The van der Waals surface area contributed by atoms with Crippen LogP contribution in [-0.4, -0.2) is 13.1 Å². The van der Waals surface area contributed by atoms with Crippen LogP contribution in [0.1, 0.15) is 53.4 Å². The molecule has 0 atom stereocenters. The highest BCUT2D eigenvalue weighted by Crippen LogP contribution is 2.23.